The molecule has 0 amide bonds. The van der Waals surface area contributed by atoms with Crippen LogP contribution in [0.5, 0.6) is 5.75 Å². The molecule has 0 saturated heterocycles. The highest BCUT2D eigenvalue weighted by Crippen LogP contribution is 2.28. The molecule has 1 unspecified atom stereocenters. The Bertz CT molecular complexity index is 403. The van der Waals surface area contributed by atoms with E-state index in [4.69, 9.17) is 10.5 Å². The number of ether oxygens (including phenoxy) is 1. The number of halogens is 1. The first-order chi connectivity index (χ1) is 8.24. The van der Waals surface area contributed by atoms with E-state index in [2.05, 4.69) is 15.9 Å². The highest BCUT2D eigenvalue weighted by atomic mass is 79.9. The van der Waals surface area contributed by atoms with Crippen molar-refractivity contribution >= 4 is 15.9 Å². The van der Waals surface area contributed by atoms with Crippen molar-refractivity contribution in [3.05, 3.63) is 28.2 Å². The van der Waals surface area contributed by atoms with E-state index < -0.39 is 5.60 Å². The number of benzene rings is 1. The van der Waals surface area contributed by atoms with Gasteiger partial charge in [0.1, 0.15) is 12.4 Å². The Kier molecular flexibility index (Phi) is 5.20. The maximum absolute atomic E-state index is 10.2. The van der Waals surface area contributed by atoms with Gasteiger partial charge in [-0.1, -0.05) is 29.8 Å². The van der Waals surface area contributed by atoms with Crippen molar-refractivity contribution in [3.63, 3.8) is 0 Å². The molecule has 0 aliphatic carbocycles. The quantitative estimate of drug-likeness (QED) is 0.877. The number of hydrogen-bond donors (Lipinski definition) is 2. The first-order valence-corrected chi connectivity index (χ1v) is 6.93. The van der Waals surface area contributed by atoms with Gasteiger partial charge >= 0.3 is 0 Å². The summed E-state index contributed by atoms with van der Waals surface area (Å²) in [4.78, 5) is 0. The zero-order valence-electron chi connectivity index (χ0n) is 11.4. The fraction of sp³-hybridized carbons (Fsp3) is 0.571. The molecule has 1 rings (SSSR count). The van der Waals surface area contributed by atoms with E-state index in [1.54, 1.807) is 6.92 Å². The molecule has 0 aliphatic rings. The summed E-state index contributed by atoms with van der Waals surface area (Å²) in [7, 11) is 0. The average molecular weight is 316 g/mol. The third-order valence-corrected chi connectivity index (χ3v) is 3.72. The zero-order valence-corrected chi connectivity index (χ0v) is 13.0. The van der Waals surface area contributed by atoms with Crippen LogP contribution in [0.1, 0.15) is 39.3 Å². The summed E-state index contributed by atoms with van der Waals surface area (Å²) in [6, 6.07) is 5.62. The number of rotatable bonds is 5. The fourth-order valence-electron chi connectivity index (χ4n) is 1.40. The van der Waals surface area contributed by atoms with Crippen LogP contribution in [0.15, 0.2) is 22.7 Å². The highest BCUT2D eigenvalue weighted by Gasteiger charge is 2.26. The molecule has 0 bridgehead atoms. The van der Waals surface area contributed by atoms with Crippen LogP contribution in [-0.4, -0.2) is 17.3 Å². The van der Waals surface area contributed by atoms with Gasteiger partial charge in [0.25, 0.3) is 0 Å². The summed E-state index contributed by atoms with van der Waals surface area (Å²) in [5.74, 6) is 0.862. The third kappa shape index (κ3) is 3.97. The molecule has 0 saturated carbocycles. The van der Waals surface area contributed by atoms with Gasteiger partial charge < -0.3 is 15.6 Å². The molecule has 102 valence electrons. The normalized spacial score (nSPS) is 16.4. The Morgan fingerprint density at radius 1 is 1.39 bits per heavy atom. The Morgan fingerprint density at radius 3 is 2.50 bits per heavy atom. The number of aliphatic hydroxyl groups is 1. The van der Waals surface area contributed by atoms with Crippen molar-refractivity contribution in [2.45, 2.75) is 39.3 Å². The molecule has 18 heavy (non-hydrogen) atoms. The lowest BCUT2D eigenvalue weighted by molar-refractivity contribution is -0.0269. The lowest BCUT2D eigenvalue weighted by Gasteiger charge is -2.28. The van der Waals surface area contributed by atoms with Gasteiger partial charge in [-0.05, 0) is 38.0 Å². The molecule has 0 radical (unpaired) electrons. The SMILES string of the molecule is CC(C)C(C)(O)COc1ccc(Br)cc1[C@H](C)N. The maximum Gasteiger partial charge on any atom is 0.124 e. The second-order valence-electron chi connectivity index (χ2n) is 5.27. The summed E-state index contributed by atoms with van der Waals surface area (Å²) in [6.07, 6.45) is 0. The van der Waals surface area contributed by atoms with E-state index in [-0.39, 0.29) is 18.6 Å². The van der Waals surface area contributed by atoms with Gasteiger partial charge in [0.2, 0.25) is 0 Å². The summed E-state index contributed by atoms with van der Waals surface area (Å²) in [5, 5.41) is 10.2. The van der Waals surface area contributed by atoms with Crippen molar-refractivity contribution in [1.29, 1.82) is 0 Å². The summed E-state index contributed by atoms with van der Waals surface area (Å²) >= 11 is 3.42. The van der Waals surface area contributed by atoms with Crippen LogP contribution in [0.4, 0.5) is 0 Å². The molecule has 0 aliphatic heterocycles. The summed E-state index contributed by atoms with van der Waals surface area (Å²) in [6.45, 7) is 7.89. The zero-order chi connectivity index (χ0) is 13.9. The first-order valence-electron chi connectivity index (χ1n) is 6.14. The van der Waals surface area contributed by atoms with E-state index in [0.29, 0.717) is 0 Å². The Hall–Kier alpha value is -0.580. The van der Waals surface area contributed by atoms with Crippen LogP contribution >= 0.6 is 15.9 Å². The standard InChI is InChI=1S/C14H22BrNO2/c1-9(2)14(4,17)8-18-13-6-5-11(15)7-12(13)10(3)16/h5-7,9-10,17H,8,16H2,1-4H3/t10-,14?/m0/s1. The van der Waals surface area contributed by atoms with Crippen molar-refractivity contribution in [2.24, 2.45) is 11.7 Å². The second kappa shape index (κ2) is 6.04. The molecule has 0 fully saturated rings. The van der Waals surface area contributed by atoms with Crippen LogP contribution in [0, 0.1) is 5.92 Å². The van der Waals surface area contributed by atoms with Gasteiger partial charge in [-0.3, -0.25) is 0 Å². The van der Waals surface area contributed by atoms with Gasteiger partial charge in [-0.25, -0.2) is 0 Å². The average Bonchev–Trinajstić information content (AvgIpc) is 2.27. The lowest BCUT2D eigenvalue weighted by atomic mass is 9.94. The smallest absolute Gasteiger partial charge is 0.124 e. The predicted octanol–water partition coefficient (Wildman–Crippen LogP) is 3.25. The van der Waals surface area contributed by atoms with E-state index in [1.807, 2.05) is 39.0 Å². The monoisotopic (exact) mass is 315 g/mol. The van der Waals surface area contributed by atoms with Crippen molar-refractivity contribution in [2.75, 3.05) is 6.61 Å². The van der Waals surface area contributed by atoms with Crippen LogP contribution in [0.2, 0.25) is 0 Å². The molecule has 0 aromatic heterocycles. The first kappa shape index (κ1) is 15.5. The van der Waals surface area contributed by atoms with Gasteiger partial charge in [-0.2, -0.15) is 0 Å². The van der Waals surface area contributed by atoms with E-state index in [1.165, 1.54) is 0 Å². The Morgan fingerprint density at radius 2 is 2.00 bits per heavy atom. The minimum absolute atomic E-state index is 0.110. The molecule has 0 spiro atoms. The summed E-state index contributed by atoms with van der Waals surface area (Å²) in [5.41, 5.74) is 6.01. The molecule has 2 atom stereocenters. The van der Waals surface area contributed by atoms with Crippen molar-refractivity contribution in [1.82, 2.24) is 0 Å². The predicted molar refractivity (Wildman–Crippen MR) is 77.7 cm³/mol. The number of hydrogen-bond acceptors (Lipinski definition) is 3. The van der Waals surface area contributed by atoms with E-state index >= 15 is 0 Å². The molecular formula is C14H22BrNO2. The molecule has 1 aromatic rings. The third-order valence-electron chi connectivity index (χ3n) is 3.23. The largest absolute Gasteiger partial charge is 0.490 e. The van der Waals surface area contributed by atoms with Gasteiger partial charge in [0, 0.05) is 16.1 Å². The van der Waals surface area contributed by atoms with E-state index in [9.17, 15) is 5.11 Å². The molecule has 1 aromatic carbocycles. The molecule has 3 nitrogen and oxygen atoms in total. The lowest BCUT2D eigenvalue weighted by Crippen LogP contribution is -2.38. The van der Waals surface area contributed by atoms with Crippen LogP contribution in [-0.2, 0) is 0 Å². The second-order valence-corrected chi connectivity index (χ2v) is 6.19. The topological polar surface area (TPSA) is 55.5 Å². The van der Waals surface area contributed by atoms with Crippen molar-refractivity contribution < 1.29 is 9.84 Å². The molecule has 4 heteroatoms. The Labute approximate surface area is 117 Å². The van der Waals surface area contributed by atoms with E-state index in [0.717, 1.165) is 15.8 Å². The summed E-state index contributed by atoms with van der Waals surface area (Å²) < 4.78 is 6.70. The van der Waals surface area contributed by atoms with Crippen molar-refractivity contribution in [3.8, 4) is 5.75 Å². The van der Waals surface area contributed by atoms with Crippen LogP contribution in [0.3, 0.4) is 0 Å². The number of nitrogens with two attached hydrogens (primary N) is 1. The van der Waals surface area contributed by atoms with Gasteiger partial charge in [0.15, 0.2) is 0 Å². The minimum atomic E-state index is -0.845. The highest BCUT2D eigenvalue weighted by molar-refractivity contribution is 9.10. The van der Waals surface area contributed by atoms with Gasteiger partial charge in [0.05, 0.1) is 5.60 Å². The van der Waals surface area contributed by atoms with Crippen LogP contribution < -0.4 is 10.5 Å². The van der Waals surface area contributed by atoms with Crippen LogP contribution in [0.25, 0.3) is 0 Å². The fourth-order valence-corrected chi connectivity index (χ4v) is 1.78. The Balaban J connectivity index is 2.85. The minimum Gasteiger partial charge on any atom is -0.490 e. The molecule has 3 N–H and O–H groups in total. The molecular weight excluding hydrogens is 294 g/mol. The molecule has 0 heterocycles. The van der Waals surface area contributed by atoms with Gasteiger partial charge in [-0.15, -0.1) is 0 Å². The maximum atomic E-state index is 10.2.